The maximum Gasteiger partial charge on any atom is 0.313 e. The van der Waals surface area contributed by atoms with E-state index in [2.05, 4.69) is 16.0 Å². The van der Waals surface area contributed by atoms with Gasteiger partial charge in [-0.25, -0.2) is 0 Å². The minimum absolute atomic E-state index is 0.0339. The summed E-state index contributed by atoms with van der Waals surface area (Å²) in [6.45, 7) is 1.90. The number of anilines is 1. The number of rotatable bonds is 7. The van der Waals surface area contributed by atoms with Gasteiger partial charge in [0.1, 0.15) is 0 Å². The van der Waals surface area contributed by atoms with Crippen LogP contribution < -0.4 is 16.0 Å². The van der Waals surface area contributed by atoms with Crippen LogP contribution in [0.5, 0.6) is 0 Å². The minimum Gasteiger partial charge on any atom is -0.392 e. The molecule has 2 rings (SSSR count). The summed E-state index contributed by atoms with van der Waals surface area (Å²) >= 11 is 0. The van der Waals surface area contributed by atoms with Crippen LogP contribution in [0.4, 0.5) is 5.69 Å². The van der Waals surface area contributed by atoms with Crippen LogP contribution in [0.3, 0.4) is 0 Å². The molecule has 142 valence electrons. The smallest absolute Gasteiger partial charge is 0.313 e. The predicted octanol–water partition coefficient (Wildman–Crippen LogP) is 1.09. The van der Waals surface area contributed by atoms with E-state index in [1.165, 1.54) is 6.92 Å². The van der Waals surface area contributed by atoms with E-state index in [0.29, 0.717) is 13.0 Å². The molecule has 0 unspecified atom stereocenters. The molecule has 0 aromatic heterocycles. The Kier molecular flexibility index (Phi) is 7.51. The zero-order chi connectivity index (χ0) is 19.6. The lowest BCUT2D eigenvalue weighted by Crippen LogP contribution is -2.39. The summed E-state index contributed by atoms with van der Waals surface area (Å²) in [5, 5.41) is 16.7. The van der Waals surface area contributed by atoms with E-state index < -0.39 is 17.9 Å². The zero-order valence-corrected chi connectivity index (χ0v) is 15.1. The minimum atomic E-state index is -0.903. The second-order valence-corrected chi connectivity index (χ2v) is 6.05. The van der Waals surface area contributed by atoms with Crippen molar-refractivity contribution in [1.82, 2.24) is 10.6 Å². The lowest BCUT2D eigenvalue weighted by Gasteiger charge is -2.12. The largest absolute Gasteiger partial charge is 0.392 e. The second-order valence-electron chi connectivity index (χ2n) is 6.05. The van der Waals surface area contributed by atoms with E-state index >= 15 is 0 Å². The standard InChI is InChI=1S/C20H23N3O4/c1-14(24)13-22-19(26)20(27)23-17-10-6-5-9-16(17)18(25)21-12-11-15-7-3-2-4-8-15/h2-10,14,24H,11-13H2,1H3,(H,21,25)(H,22,26)(H,23,27)/t14-/m0/s1. The van der Waals surface area contributed by atoms with Crippen molar-refractivity contribution < 1.29 is 19.5 Å². The van der Waals surface area contributed by atoms with Crippen LogP contribution in [0.25, 0.3) is 0 Å². The molecule has 7 nitrogen and oxygen atoms in total. The Hall–Kier alpha value is -3.19. The highest BCUT2D eigenvalue weighted by Gasteiger charge is 2.17. The topological polar surface area (TPSA) is 108 Å². The molecule has 3 amide bonds. The zero-order valence-electron chi connectivity index (χ0n) is 15.1. The molecule has 0 heterocycles. The van der Waals surface area contributed by atoms with Crippen molar-refractivity contribution in [3.63, 3.8) is 0 Å². The molecule has 7 heteroatoms. The van der Waals surface area contributed by atoms with E-state index in [0.717, 1.165) is 5.56 Å². The van der Waals surface area contributed by atoms with E-state index in [9.17, 15) is 14.4 Å². The summed E-state index contributed by atoms with van der Waals surface area (Å²) in [5.41, 5.74) is 1.61. The summed E-state index contributed by atoms with van der Waals surface area (Å²) in [6, 6.07) is 16.2. The molecule has 0 saturated carbocycles. The number of hydrogen-bond acceptors (Lipinski definition) is 4. The van der Waals surface area contributed by atoms with Gasteiger partial charge in [0.15, 0.2) is 0 Å². The van der Waals surface area contributed by atoms with Gasteiger partial charge >= 0.3 is 11.8 Å². The first-order valence-corrected chi connectivity index (χ1v) is 8.65. The normalized spacial score (nSPS) is 11.3. The number of para-hydroxylation sites is 1. The summed E-state index contributed by atoms with van der Waals surface area (Å²) in [7, 11) is 0. The van der Waals surface area contributed by atoms with Gasteiger partial charge in [-0.1, -0.05) is 42.5 Å². The predicted molar refractivity (Wildman–Crippen MR) is 102 cm³/mol. The molecule has 2 aromatic rings. The lowest BCUT2D eigenvalue weighted by atomic mass is 10.1. The van der Waals surface area contributed by atoms with Crippen molar-refractivity contribution in [2.24, 2.45) is 0 Å². The molecule has 4 N–H and O–H groups in total. The van der Waals surface area contributed by atoms with Crippen LogP contribution in [0.2, 0.25) is 0 Å². The summed E-state index contributed by atoms with van der Waals surface area (Å²) in [6.07, 6.45) is -0.0764. The second kappa shape index (κ2) is 10.1. The van der Waals surface area contributed by atoms with Crippen molar-refractivity contribution in [2.45, 2.75) is 19.4 Å². The maximum absolute atomic E-state index is 12.4. The van der Waals surface area contributed by atoms with Gasteiger partial charge in [-0.2, -0.15) is 0 Å². The number of benzene rings is 2. The molecule has 0 bridgehead atoms. The monoisotopic (exact) mass is 369 g/mol. The Bertz CT molecular complexity index is 791. The molecule has 0 aliphatic carbocycles. The SMILES string of the molecule is C[C@H](O)CNC(=O)C(=O)Nc1ccccc1C(=O)NCCc1ccccc1. The molecule has 0 fully saturated rings. The van der Waals surface area contributed by atoms with Gasteiger partial charge in [0.2, 0.25) is 0 Å². The molecular formula is C20H23N3O4. The number of carbonyl (C=O) groups is 3. The van der Waals surface area contributed by atoms with Gasteiger partial charge in [0, 0.05) is 13.1 Å². The van der Waals surface area contributed by atoms with Crippen molar-refractivity contribution in [3.8, 4) is 0 Å². The maximum atomic E-state index is 12.4. The molecule has 27 heavy (non-hydrogen) atoms. The van der Waals surface area contributed by atoms with Crippen LogP contribution >= 0.6 is 0 Å². The fourth-order valence-electron chi connectivity index (χ4n) is 2.35. The van der Waals surface area contributed by atoms with Gasteiger partial charge in [-0.3, -0.25) is 14.4 Å². The van der Waals surface area contributed by atoms with Crippen molar-refractivity contribution in [1.29, 1.82) is 0 Å². The average molecular weight is 369 g/mol. The van der Waals surface area contributed by atoms with Gasteiger partial charge in [0.05, 0.1) is 17.4 Å². The van der Waals surface area contributed by atoms with Crippen molar-refractivity contribution >= 4 is 23.4 Å². The molecule has 1 atom stereocenters. The molecule has 0 spiro atoms. The van der Waals surface area contributed by atoms with E-state index in [4.69, 9.17) is 5.11 Å². The third-order valence-electron chi connectivity index (χ3n) is 3.73. The quantitative estimate of drug-likeness (QED) is 0.548. The molecular weight excluding hydrogens is 346 g/mol. The van der Waals surface area contributed by atoms with Crippen LogP contribution in [-0.4, -0.2) is 42.0 Å². The molecule has 0 aliphatic heterocycles. The number of aliphatic hydroxyl groups is 1. The van der Waals surface area contributed by atoms with E-state index in [1.54, 1.807) is 24.3 Å². The van der Waals surface area contributed by atoms with Gasteiger partial charge in [-0.15, -0.1) is 0 Å². The van der Waals surface area contributed by atoms with Crippen LogP contribution in [0.15, 0.2) is 54.6 Å². The molecule has 0 radical (unpaired) electrons. The molecule has 0 saturated heterocycles. The number of hydrogen-bond donors (Lipinski definition) is 4. The fourth-order valence-corrected chi connectivity index (χ4v) is 2.35. The third kappa shape index (κ3) is 6.56. The molecule has 2 aromatic carbocycles. The highest BCUT2D eigenvalue weighted by atomic mass is 16.3. The number of aliphatic hydroxyl groups excluding tert-OH is 1. The highest BCUT2D eigenvalue weighted by molar-refractivity contribution is 6.40. The number of amides is 3. The number of carbonyl (C=O) groups excluding carboxylic acids is 3. The summed E-state index contributed by atoms with van der Waals surface area (Å²) < 4.78 is 0. The summed E-state index contributed by atoms with van der Waals surface area (Å²) in [4.78, 5) is 36.1. The van der Waals surface area contributed by atoms with Gasteiger partial charge in [-0.05, 0) is 31.0 Å². The van der Waals surface area contributed by atoms with E-state index in [1.807, 2.05) is 30.3 Å². The third-order valence-corrected chi connectivity index (χ3v) is 3.73. The Morgan fingerprint density at radius 1 is 0.926 bits per heavy atom. The van der Waals surface area contributed by atoms with Crippen molar-refractivity contribution in [3.05, 3.63) is 65.7 Å². The first-order chi connectivity index (χ1) is 13.0. The Morgan fingerprint density at radius 3 is 2.30 bits per heavy atom. The van der Waals surface area contributed by atoms with Crippen LogP contribution in [0.1, 0.15) is 22.8 Å². The Labute approximate surface area is 157 Å². The summed E-state index contributed by atoms with van der Waals surface area (Å²) in [5.74, 6) is -2.12. The fraction of sp³-hybridized carbons (Fsp3) is 0.250. The van der Waals surface area contributed by atoms with Crippen LogP contribution in [-0.2, 0) is 16.0 Å². The number of nitrogens with one attached hydrogen (secondary N) is 3. The van der Waals surface area contributed by atoms with E-state index in [-0.39, 0.29) is 23.7 Å². The van der Waals surface area contributed by atoms with Gasteiger partial charge < -0.3 is 21.1 Å². The Morgan fingerprint density at radius 2 is 1.59 bits per heavy atom. The van der Waals surface area contributed by atoms with Gasteiger partial charge in [0.25, 0.3) is 5.91 Å². The molecule has 0 aliphatic rings. The first-order valence-electron chi connectivity index (χ1n) is 8.65. The average Bonchev–Trinajstić information content (AvgIpc) is 2.67. The van der Waals surface area contributed by atoms with Crippen LogP contribution in [0, 0.1) is 0 Å². The van der Waals surface area contributed by atoms with Crippen molar-refractivity contribution in [2.75, 3.05) is 18.4 Å². The Balaban J connectivity index is 1.94. The first kappa shape index (κ1) is 20.1. The highest BCUT2D eigenvalue weighted by Crippen LogP contribution is 2.15. The lowest BCUT2D eigenvalue weighted by molar-refractivity contribution is -0.136.